The Morgan fingerprint density at radius 1 is 1.40 bits per heavy atom. The Labute approximate surface area is 85.3 Å². The van der Waals surface area contributed by atoms with Crippen molar-refractivity contribution in [2.24, 2.45) is 7.05 Å². The summed E-state index contributed by atoms with van der Waals surface area (Å²) in [5.41, 5.74) is 1.65. The van der Waals surface area contributed by atoms with E-state index in [-0.39, 0.29) is 5.91 Å². The van der Waals surface area contributed by atoms with E-state index in [9.17, 15) is 4.79 Å². The molecule has 76 valence electrons. The van der Waals surface area contributed by atoms with Gasteiger partial charge in [0.05, 0.1) is 11.1 Å². The molecule has 2 aromatic rings. The van der Waals surface area contributed by atoms with Gasteiger partial charge >= 0.3 is 0 Å². The van der Waals surface area contributed by atoms with Crippen molar-refractivity contribution >= 4 is 22.8 Å². The molecule has 0 atom stereocenters. The maximum Gasteiger partial charge on any atom is 0.225 e. The fourth-order valence-corrected chi connectivity index (χ4v) is 1.86. The van der Waals surface area contributed by atoms with Crippen molar-refractivity contribution in [3.63, 3.8) is 0 Å². The molecule has 1 aliphatic heterocycles. The highest BCUT2D eigenvalue weighted by molar-refractivity contribution is 6.01. The van der Waals surface area contributed by atoms with E-state index in [0.29, 0.717) is 18.7 Å². The molecule has 6 heteroatoms. The van der Waals surface area contributed by atoms with Gasteiger partial charge in [0.15, 0.2) is 5.65 Å². The predicted molar refractivity (Wildman–Crippen MR) is 53.3 cm³/mol. The first-order valence-corrected chi connectivity index (χ1v) is 4.72. The van der Waals surface area contributed by atoms with E-state index in [4.69, 9.17) is 0 Å². The molecule has 0 saturated heterocycles. The van der Waals surface area contributed by atoms with Crippen LogP contribution in [-0.4, -0.2) is 25.7 Å². The second-order valence-corrected chi connectivity index (χ2v) is 3.54. The van der Waals surface area contributed by atoms with Gasteiger partial charge in [0.1, 0.15) is 12.1 Å². The second-order valence-electron chi connectivity index (χ2n) is 3.54. The van der Waals surface area contributed by atoms with Crippen LogP contribution < -0.4 is 5.32 Å². The summed E-state index contributed by atoms with van der Waals surface area (Å²) in [6.45, 7) is 0. The largest absolute Gasteiger partial charge is 0.310 e. The van der Waals surface area contributed by atoms with Crippen LogP contribution in [0, 0.1) is 0 Å². The number of hydrogen-bond acceptors (Lipinski definition) is 4. The third-order valence-electron chi connectivity index (χ3n) is 2.54. The van der Waals surface area contributed by atoms with E-state index in [0.717, 1.165) is 16.7 Å². The number of nitrogens with one attached hydrogen (secondary N) is 1. The first-order valence-electron chi connectivity index (χ1n) is 4.72. The van der Waals surface area contributed by atoms with Crippen LogP contribution in [0.25, 0.3) is 11.0 Å². The van der Waals surface area contributed by atoms with Gasteiger partial charge in [-0.25, -0.2) is 9.97 Å². The number of carbonyl (C=O) groups is 1. The lowest BCUT2D eigenvalue weighted by Gasteiger charge is -2.01. The number of carbonyl (C=O) groups excluding carboxylic acids is 1. The van der Waals surface area contributed by atoms with Crippen molar-refractivity contribution < 1.29 is 4.79 Å². The molecule has 6 nitrogen and oxygen atoms in total. The van der Waals surface area contributed by atoms with Gasteiger partial charge in [-0.1, -0.05) is 0 Å². The highest BCUT2D eigenvalue weighted by atomic mass is 16.1. The molecular weight excluding hydrogens is 194 g/mol. The zero-order valence-corrected chi connectivity index (χ0v) is 8.19. The number of aromatic nitrogens is 4. The summed E-state index contributed by atoms with van der Waals surface area (Å²) in [4.78, 5) is 19.6. The van der Waals surface area contributed by atoms with Crippen molar-refractivity contribution in [3.8, 4) is 0 Å². The Kier molecular flexibility index (Phi) is 1.53. The van der Waals surface area contributed by atoms with Gasteiger partial charge in [0.2, 0.25) is 5.91 Å². The molecule has 1 aliphatic rings. The van der Waals surface area contributed by atoms with Gasteiger partial charge in [-0.05, 0) is 0 Å². The van der Waals surface area contributed by atoms with Gasteiger partial charge in [-0.15, -0.1) is 0 Å². The molecule has 0 fully saturated rings. The van der Waals surface area contributed by atoms with Crippen LogP contribution in [0.15, 0.2) is 6.33 Å². The topological polar surface area (TPSA) is 72.7 Å². The molecule has 1 N–H and O–H groups in total. The molecule has 0 bridgehead atoms. The number of hydrogen-bond donors (Lipinski definition) is 1. The zero-order chi connectivity index (χ0) is 10.4. The molecule has 2 aromatic heterocycles. The lowest BCUT2D eigenvalue weighted by molar-refractivity contribution is -0.116. The average Bonchev–Trinajstić information content (AvgIpc) is 2.45. The molecule has 0 unspecified atom stereocenters. The summed E-state index contributed by atoms with van der Waals surface area (Å²) in [5.74, 6) is 0.557. The molecule has 1 amide bonds. The lowest BCUT2D eigenvalue weighted by atomic mass is 10.2. The van der Waals surface area contributed by atoms with Crippen molar-refractivity contribution in [2.75, 3.05) is 5.32 Å². The lowest BCUT2D eigenvalue weighted by Crippen LogP contribution is -2.11. The van der Waals surface area contributed by atoms with Crippen LogP contribution in [-0.2, 0) is 18.3 Å². The van der Waals surface area contributed by atoms with Crippen LogP contribution in [0.3, 0.4) is 0 Å². The molecule has 0 aromatic carbocycles. The normalized spacial score (nSPS) is 15.1. The smallest absolute Gasteiger partial charge is 0.225 e. The van der Waals surface area contributed by atoms with E-state index >= 15 is 0 Å². The minimum atomic E-state index is -0.0179. The molecule has 0 radical (unpaired) electrons. The summed E-state index contributed by atoms with van der Waals surface area (Å²) in [5, 5.41) is 7.96. The number of rotatable bonds is 0. The van der Waals surface area contributed by atoms with E-state index in [2.05, 4.69) is 20.4 Å². The standard InChI is InChI=1S/C9H9N5O/c1-14-9-7-5(13-14)2-3-6(15)12-8(7)10-4-11-9/h4H,2-3H2,1H3,(H,10,11,12,15). The predicted octanol–water partition coefficient (Wildman–Crippen LogP) is 0.248. The second kappa shape index (κ2) is 2.75. The Hall–Kier alpha value is -1.98. The number of nitrogens with zero attached hydrogens (tertiary/aromatic N) is 4. The van der Waals surface area contributed by atoms with Crippen LogP contribution in [0.2, 0.25) is 0 Å². The van der Waals surface area contributed by atoms with Gasteiger partial charge in [-0.2, -0.15) is 5.10 Å². The maximum absolute atomic E-state index is 11.4. The van der Waals surface area contributed by atoms with Crippen LogP contribution in [0.1, 0.15) is 12.1 Å². The Bertz CT molecular complexity index is 559. The maximum atomic E-state index is 11.4. The monoisotopic (exact) mass is 203 g/mol. The van der Waals surface area contributed by atoms with Gasteiger partial charge in [0, 0.05) is 19.9 Å². The van der Waals surface area contributed by atoms with Crippen LogP contribution in [0.5, 0.6) is 0 Å². The highest BCUT2D eigenvalue weighted by Gasteiger charge is 2.20. The van der Waals surface area contributed by atoms with Gasteiger partial charge < -0.3 is 5.32 Å². The fraction of sp³-hybridized carbons (Fsp3) is 0.333. The summed E-state index contributed by atoms with van der Waals surface area (Å²) in [7, 11) is 1.84. The van der Waals surface area contributed by atoms with E-state index < -0.39 is 0 Å². The van der Waals surface area contributed by atoms with E-state index in [1.807, 2.05) is 7.05 Å². The summed E-state index contributed by atoms with van der Waals surface area (Å²) < 4.78 is 1.72. The van der Waals surface area contributed by atoms with Crippen molar-refractivity contribution in [2.45, 2.75) is 12.8 Å². The van der Waals surface area contributed by atoms with Crippen LogP contribution >= 0.6 is 0 Å². The molecule has 3 rings (SSSR count). The Balaban J connectivity index is 2.39. The van der Waals surface area contributed by atoms with Gasteiger partial charge in [-0.3, -0.25) is 9.48 Å². The number of aryl methyl sites for hydroxylation is 2. The Morgan fingerprint density at radius 3 is 3.13 bits per heavy atom. The minimum Gasteiger partial charge on any atom is -0.310 e. The molecule has 0 spiro atoms. The molecule has 3 heterocycles. The summed E-state index contributed by atoms with van der Waals surface area (Å²) in [6, 6.07) is 0. The third kappa shape index (κ3) is 1.11. The minimum absolute atomic E-state index is 0.0179. The third-order valence-corrected chi connectivity index (χ3v) is 2.54. The summed E-state index contributed by atoms with van der Waals surface area (Å²) >= 11 is 0. The first-order chi connectivity index (χ1) is 7.25. The fourth-order valence-electron chi connectivity index (χ4n) is 1.86. The van der Waals surface area contributed by atoms with Crippen molar-refractivity contribution in [1.82, 2.24) is 19.7 Å². The van der Waals surface area contributed by atoms with E-state index in [1.54, 1.807) is 4.68 Å². The molecule has 0 saturated carbocycles. The van der Waals surface area contributed by atoms with Gasteiger partial charge in [0.25, 0.3) is 0 Å². The number of anilines is 1. The quantitative estimate of drug-likeness (QED) is 0.666. The first kappa shape index (κ1) is 8.34. The highest BCUT2D eigenvalue weighted by Crippen LogP contribution is 2.26. The van der Waals surface area contributed by atoms with Crippen LogP contribution in [0.4, 0.5) is 5.82 Å². The average molecular weight is 203 g/mol. The SMILES string of the molecule is Cn1nc2c3c(ncnc31)NC(=O)CC2. The molecule has 0 aliphatic carbocycles. The summed E-state index contributed by atoms with van der Waals surface area (Å²) in [6.07, 6.45) is 2.53. The number of amides is 1. The molecule has 15 heavy (non-hydrogen) atoms. The van der Waals surface area contributed by atoms with Crippen molar-refractivity contribution in [3.05, 3.63) is 12.0 Å². The van der Waals surface area contributed by atoms with Crippen molar-refractivity contribution in [1.29, 1.82) is 0 Å². The zero-order valence-electron chi connectivity index (χ0n) is 8.19. The Morgan fingerprint density at radius 2 is 2.27 bits per heavy atom. The van der Waals surface area contributed by atoms with E-state index in [1.165, 1.54) is 6.33 Å². The molecular formula is C9H9N5O.